The third-order valence-corrected chi connectivity index (χ3v) is 3.76. The zero-order chi connectivity index (χ0) is 9.73. The summed E-state index contributed by atoms with van der Waals surface area (Å²) in [5, 5.41) is 0. The minimum Gasteiger partial charge on any atom is -0.286 e. The minimum absolute atomic E-state index is 0.286. The number of hydrogen-bond acceptors (Lipinski definition) is 1. The molecular weight excluding hydrogens is 177 g/mol. The Morgan fingerprint density at radius 2 is 2.23 bits per heavy atom. The molecule has 1 nitrogen and oxygen atoms in total. The predicted molar refractivity (Wildman–Crippen MR) is 63.5 cm³/mol. The normalized spacial score (nSPS) is 35.5. The van der Waals surface area contributed by atoms with E-state index in [1.807, 2.05) is 5.96 Å². The summed E-state index contributed by atoms with van der Waals surface area (Å²) in [6.07, 6.45) is 7.95. The van der Waals surface area contributed by atoms with Gasteiger partial charge in [-0.25, -0.2) is 0 Å². The molecule has 1 saturated carbocycles. The van der Waals surface area contributed by atoms with E-state index < -0.39 is 0 Å². The van der Waals surface area contributed by atoms with E-state index in [1.165, 1.54) is 38.5 Å². The molecule has 0 spiro atoms. The van der Waals surface area contributed by atoms with Crippen molar-refractivity contribution in [3.63, 3.8) is 0 Å². The molecule has 0 aromatic rings. The lowest BCUT2D eigenvalue weighted by Gasteiger charge is -2.40. The third-order valence-electron chi connectivity index (χ3n) is 3.61. The molecule has 1 rings (SSSR count). The van der Waals surface area contributed by atoms with Gasteiger partial charge < -0.3 is 0 Å². The van der Waals surface area contributed by atoms with E-state index in [2.05, 4.69) is 23.1 Å². The fourth-order valence-electron chi connectivity index (χ4n) is 2.75. The highest BCUT2D eigenvalue weighted by Crippen LogP contribution is 2.41. The first-order chi connectivity index (χ1) is 6.29. The summed E-state index contributed by atoms with van der Waals surface area (Å²) in [6, 6.07) is 0. The van der Waals surface area contributed by atoms with Crippen LogP contribution in [0.1, 0.15) is 52.4 Å². The average Bonchev–Trinajstić information content (AvgIpc) is 2.19. The predicted octanol–water partition coefficient (Wildman–Crippen LogP) is 3.64. The highest BCUT2D eigenvalue weighted by atomic mass is 31.0. The summed E-state index contributed by atoms with van der Waals surface area (Å²) in [5.41, 5.74) is 0.286. The van der Waals surface area contributed by atoms with E-state index in [9.17, 15) is 0 Å². The lowest BCUT2D eigenvalue weighted by molar-refractivity contribution is 0.181. The van der Waals surface area contributed by atoms with Gasteiger partial charge in [0.25, 0.3) is 0 Å². The summed E-state index contributed by atoms with van der Waals surface area (Å²) in [5.74, 6) is 2.75. The molecule has 0 N–H and O–H groups in total. The molecule has 0 aromatic heterocycles. The van der Waals surface area contributed by atoms with Gasteiger partial charge in [-0.2, -0.15) is 0 Å². The Bertz CT molecular complexity index is 179. The summed E-state index contributed by atoms with van der Waals surface area (Å²) in [6.45, 7) is 4.59. The highest BCUT2D eigenvalue weighted by Gasteiger charge is 2.37. The summed E-state index contributed by atoms with van der Waals surface area (Å²) < 4.78 is 0. The van der Waals surface area contributed by atoms with Gasteiger partial charge in [0.15, 0.2) is 0 Å². The third kappa shape index (κ3) is 2.31. The van der Waals surface area contributed by atoms with Crippen LogP contribution in [-0.4, -0.2) is 11.5 Å². The van der Waals surface area contributed by atoms with Crippen LogP contribution in [0.15, 0.2) is 4.99 Å². The fourth-order valence-corrected chi connectivity index (χ4v) is 3.05. The van der Waals surface area contributed by atoms with Crippen molar-refractivity contribution in [2.24, 2.45) is 10.9 Å². The Hall–Kier alpha value is 0.100. The molecule has 0 aliphatic heterocycles. The van der Waals surface area contributed by atoms with Gasteiger partial charge >= 0.3 is 0 Å². The lowest BCUT2D eigenvalue weighted by atomic mass is 9.70. The van der Waals surface area contributed by atoms with Gasteiger partial charge in [0.1, 0.15) is 0 Å². The van der Waals surface area contributed by atoms with Crippen molar-refractivity contribution in [2.75, 3.05) is 0 Å². The standard InChI is InChI=1S/C11H22NP/c1-3-10-7-5-6-8-11(10,4-2)12-9-13/h9-10H,3-8,13H2,1-2H3. The van der Waals surface area contributed by atoms with E-state index in [1.54, 1.807) is 0 Å². The minimum atomic E-state index is 0.286. The molecule has 0 radical (unpaired) electrons. The number of aliphatic imine (C=N–C) groups is 1. The SMILES string of the molecule is CCC1CCCCC1(CC)N=CP. The van der Waals surface area contributed by atoms with Crippen molar-refractivity contribution in [2.45, 2.75) is 57.9 Å². The van der Waals surface area contributed by atoms with Crippen molar-refractivity contribution < 1.29 is 0 Å². The number of hydrogen-bond donors (Lipinski definition) is 0. The van der Waals surface area contributed by atoms with E-state index in [0.717, 1.165) is 5.92 Å². The van der Waals surface area contributed by atoms with E-state index in [0.29, 0.717) is 0 Å². The number of nitrogens with zero attached hydrogens (tertiary/aromatic N) is 1. The molecule has 0 heterocycles. The van der Waals surface area contributed by atoms with Crippen LogP contribution in [0.25, 0.3) is 0 Å². The Labute approximate surface area is 84.6 Å². The van der Waals surface area contributed by atoms with Crippen LogP contribution >= 0.6 is 9.24 Å². The highest BCUT2D eigenvalue weighted by molar-refractivity contribution is 7.36. The molecule has 1 fully saturated rings. The van der Waals surface area contributed by atoms with Crippen LogP contribution in [0.3, 0.4) is 0 Å². The first-order valence-corrected chi connectivity index (χ1v) is 6.21. The molecule has 3 atom stereocenters. The fraction of sp³-hybridized carbons (Fsp3) is 0.909. The van der Waals surface area contributed by atoms with Gasteiger partial charge in [-0.3, -0.25) is 4.99 Å². The maximum Gasteiger partial charge on any atom is 0.0633 e. The lowest BCUT2D eigenvalue weighted by Crippen LogP contribution is -2.38. The molecule has 76 valence electrons. The monoisotopic (exact) mass is 199 g/mol. The second-order valence-electron chi connectivity index (χ2n) is 4.09. The molecule has 0 bridgehead atoms. The van der Waals surface area contributed by atoms with Crippen molar-refractivity contribution in [3.05, 3.63) is 0 Å². The smallest absolute Gasteiger partial charge is 0.0633 e. The van der Waals surface area contributed by atoms with Crippen LogP contribution in [0.2, 0.25) is 0 Å². The summed E-state index contributed by atoms with van der Waals surface area (Å²) in [7, 11) is 2.62. The Kier molecular flexibility index (Phi) is 4.38. The van der Waals surface area contributed by atoms with Crippen molar-refractivity contribution in [1.82, 2.24) is 0 Å². The molecule has 0 aromatic carbocycles. The molecule has 0 amide bonds. The first kappa shape index (κ1) is 11.2. The van der Waals surface area contributed by atoms with E-state index in [-0.39, 0.29) is 5.54 Å². The quantitative estimate of drug-likeness (QED) is 0.486. The van der Waals surface area contributed by atoms with E-state index >= 15 is 0 Å². The molecule has 1 aliphatic rings. The van der Waals surface area contributed by atoms with Gasteiger partial charge in [-0.15, -0.1) is 0 Å². The van der Waals surface area contributed by atoms with Gasteiger partial charge in [0.2, 0.25) is 0 Å². The second kappa shape index (κ2) is 5.10. The van der Waals surface area contributed by atoms with Gasteiger partial charge in [-0.05, 0) is 25.2 Å². The van der Waals surface area contributed by atoms with Gasteiger partial charge in [0, 0.05) is 5.96 Å². The van der Waals surface area contributed by atoms with Crippen molar-refractivity contribution in [1.29, 1.82) is 0 Å². The molecule has 3 unspecified atom stereocenters. The zero-order valence-electron chi connectivity index (χ0n) is 8.92. The van der Waals surface area contributed by atoms with Gasteiger partial charge in [0.05, 0.1) is 5.54 Å². The maximum atomic E-state index is 4.72. The summed E-state index contributed by atoms with van der Waals surface area (Å²) in [4.78, 5) is 4.72. The summed E-state index contributed by atoms with van der Waals surface area (Å²) >= 11 is 0. The molecular formula is C11H22NP. The largest absolute Gasteiger partial charge is 0.286 e. The topological polar surface area (TPSA) is 12.4 Å². The second-order valence-corrected chi connectivity index (χ2v) is 4.38. The molecule has 0 saturated heterocycles. The van der Waals surface area contributed by atoms with Crippen LogP contribution in [-0.2, 0) is 0 Å². The molecule has 13 heavy (non-hydrogen) atoms. The Balaban J connectivity index is 2.78. The van der Waals surface area contributed by atoms with Crippen LogP contribution in [0.4, 0.5) is 0 Å². The van der Waals surface area contributed by atoms with Crippen LogP contribution in [0.5, 0.6) is 0 Å². The van der Waals surface area contributed by atoms with E-state index in [4.69, 9.17) is 4.99 Å². The molecule has 2 heteroatoms. The van der Waals surface area contributed by atoms with Crippen LogP contribution in [0, 0.1) is 5.92 Å². The van der Waals surface area contributed by atoms with Crippen LogP contribution < -0.4 is 0 Å². The Morgan fingerprint density at radius 1 is 1.46 bits per heavy atom. The van der Waals surface area contributed by atoms with Crippen molar-refractivity contribution in [3.8, 4) is 0 Å². The number of rotatable bonds is 3. The van der Waals surface area contributed by atoms with Crippen molar-refractivity contribution >= 4 is 15.2 Å². The Morgan fingerprint density at radius 3 is 2.77 bits per heavy atom. The zero-order valence-corrected chi connectivity index (χ0v) is 10.1. The average molecular weight is 199 g/mol. The molecule has 1 aliphatic carbocycles. The maximum absolute atomic E-state index is 4.72. The van der Waals surface area contributed by atoms with Gasteiger partial charge in [-0.1, -0.05) is 42.3 Å². The first-order valence-electron chi connectivity index (χ1n) is 5.54.